The molecular formula is C13H16FN5. The standard InChI is InChI=1S/C13H16FN5/c14-12-4-10(6-15)3-11(5-12)7-18-1-2-19-9-16-17-13(19)8-18/h3-5,9H,1-2,6-8,15H2. The Morgan fingerprint density at radius 1 is 1.21 bits per heavy atom. The lowest BCUT2D eigenvalue weighted by Gasteiger charge is -2.27. The molecule has 5 nitrogen and oxygen atoms in total. The summed E-state index contributed by atoms with van der Waals surface area (Å²) in [4.78, 5) is 2.24. The summed E-state index contributed by atoms with van der Waals surface area (Å²) in [5.41, 5.74) is 7.35. The van der Waals surface area contributed by atoms with Crippen molar-refractivity contribution in [3.63, 3.8) is 0 Å². The largest absolute Gasteiger partial charge is 0.326 e. The van der Waals surface area contributed by atoms with E-state index < -0.39 is 0 Å². The van der Waals surface area contributed by atoms with Crippen molar-refractivity contribution < 1.29 is 4.39 Å². The molecule has 0 saturated heterocycles. The minimum Gasteiger partial charge on any atom is -0.326 e. The molecule has 1 aromatic carbocycles. The van der Waals surface area contributed by atoms with E-state index in [-0.39, 0.29) is 5.82 Å². The molecule has 19 heavy (non-hydrogen) atoms. The van der Waals surface area contributed by atoms with Gasteiger partial charge in [0.05, 0.1) is 6.54 Å². The fourth-order valence-electron chi connectivity index (χ4n) is 2.44. The van der Waals surface area contributed by atoms with Crippen LogP contribution in [0.25, 0.3) is 0 Å². The number of nitrogens with two attached hydrogens (primary N) is 1. The van der Waals surface area contributed by atoms with Gasteiger partial charge in [-0.3, -0.25) is 4.90 Å². The Balaban J connectivity index is 1.74. The SMILES string of the molecule is NCc1cc(F)cc(CN2CCn3cnnc3C2)c1. The zero-order chi connectivity index (χ0) is 13.2. The summed E-state index contributed by atoms with van der Waals surface area (Å²) in [6.45, 7) is 3.60. The Hall–Kier alpha value is -1.79. The lowest BCUT2D eigenvalue weighted by molar-refractivity contribution is 0.208. The van der Waals surface area contributed by atoms with Crippen molar-refractivity contribution in [3.05, 3.63) is 47.3 Å². The molecule has 2 N–H and O–H groups in total. The predicted molar refractivity (Wildman–Crippen MR) is 68.4 cm³/mol. The minimum absolute atomic E-state index is 0.224. The van der Waals surface area contributed by atoms with Crippen molar-refractivity contribution in [2.24, 2.45) is 5.73 Å². The molecule has 0 bridgehead atoms. The molecule has 0 saturated carbocycles. The second-order valence-corrected chi connectivity index (χ2v) is 4.82. The summed E-state index contributed by atoms with van der Waals surface area (Å²) in [5, 5.41) is 7.97. The third-order valence-electron chi connectivity index (χ3n) is 3.38. The van der Waals surface area contributed by atoms with Crippen LogP contribution in [0.3, 0.4) is 0 Å². The number of benzene rings is 1. The van der Waals surface area contributed by atoms with Crippen LogP contribution >= 0.6 is 0 Å². The smallest absolute Gasteiger partial charge is 0.147 e. The van der Waals surface area contributed by atoms with E-state index in [4.69, 9.17) is 5.73 Å². The fourth-order valence-corrected chi connectivity index (χ4v) is 2.44. The van der Waals surface area contributed by atoms with Gasteiger partial charge in [0, 0.05) is 26.2 Å². The van der Waals surface area contributed by atoms with Crippen molar-refractivity contribution in [1.82, 2.24) is 19.7 Å². The molecule has 2 aromatic rings. The van der Waals surface area contributed by atoms with Gasteiger partial charge in [0.15, 0.2) is 0 Å². The molecule has 1 aliphatic heterocycles. The van der Waals surface area contributed by atoms with E-state index in [0.29, 0.717) is 13.1 Å². The summed E-state index contributed by atoms with van der Waals surface area (Å²) in [6.07, 6.45) is 1.75. The van der Waals surface area contributed by atoms with Gasteiger partial charge in [0.1, 0.15) is 18.0 Å². The molecule has 0 amide bonds. The van der Waals surface area contributed by atoms with E-state index in [1.807, 2.05) is 10.6 Å². The predicted octanol–water partition coefficient (Wildman–Crippen LogP) is 0.892. The monoisotopic (exact) mass is 261 g/mol. The number of aromatic nitrogens is 3. The van der Waals surface area contributed by atoms with E-state index in [1.165, 1.54) is 6.07 Å². The molecule has 6 heteroatoms. The van der Waals surface area contributed by atoms with Crippen LogP contribution in [0.15, 0.2) is 24.5 Å². The third kappa shape index (κ3) is 2.64. The topological polar surface area (TPSA) is 60.0 Å². The molecule has 0 spiro atoms. The summed E-state index contributed by atoms with van der Waals surface area (Å²) in [7, 11) is 0. The first-order valence-electron chi connectivity index (χ1n) is 6.32. The molecule has 1 aliphatic rings. The van der Waals surface area contributed by atoms with Gasteiger partial charge in [-0.2, -0.15) is 0 Å². The van der Waals surface area contributed by atoms with Crippen molar-refractivity contribution in [3.8, 4) is 0 Å². The Kier molecular flexibility index (Phi) is 3.27. The van der Waals surface area contributed by atoms with Crippen LogP contribution in [0, 0.1) is 5.82 Å². The maximum atomic E-state index is 13.5. The number of nitrogens with zero attached hydrogens (tertiary/aromatic N) is 4. The highest BCUT2D eigenvalue weighted by atomic mass is 19.1. The average Bonchev–Trinajstić information content (AvgIpc) is 2.85. The number of hydrogen-bond acceptors (Lipinski definition) is 4. The lowest BCUT2D eigenvalue weighted by atomic mass is 10.1. The van der Waals surface area contributed by atoms with E-state index in [0.717, 1.165) is 36.6 Å². The Morgan fingerprint density at radius 3 is 2.89 bits per heavy atom. The zero-order valence-electron chi connectivity index (χ0n) is 10.6. The van der Waals surface area contributed by atoms with Crippen LogP contribution in [-0.2, 0) is 26.2 Å². The van der Waals surface area contributed by atoms with Crippen LogP contribution in [0.1, 0.15) is 17.0 Å². The van der Waals surface area contributed by atoms with Crippen LogP contribution in [0.2, 0.25) is 0 Å². The van der Waals surface area contributed by atoms with E-state index in [1.54, 1.807) is 12.4 Å². The molecule has 0 fully saturated rings. The van der Waals surface area contributed by atoms with Crippen molar-refractivity contribution >= 4 is 0 Å². The first-order chi connectivity index (χ1) is 9.24. The Bertz CT molecular complexity index is 580. The normalized spacial score (nSPS) is 15.5. The maximum absolute atomic E-state index is 13.5. The van der Waals surface area contributed by atoms with Crippen molar-refractivity contribution in [1.29, 1.82) is 0 Å². The highest BCUT2D eigenvalue weighted by Crippen LogP contribution is 2.15. The number of rotatable bonds is 3. The molecular weight excluding hydrogens is 245 g/mol. The van der Waals surface area contributed by atoms with Crippen LogP contribution in [0.4, 0.5) is 4.39 Å². The van der Waals surface area contributed by atoms with Crippen LogP contribution < -0.4 is 5.73 Å². The molecule has 2 heterocycles. The molecule has 3 rings (SSSR count). The number of halogens is 1. The van der Waals surface area contributed by atoms with Crippen LogP contribution in [-0.4, -0.2) is 26.2 Å². The Labute approximate surface area is 110 Å². The van der Waals surface area contributed by atoms with Gasteiger partial charge >= 0.3 is 0 Å². The van der Waals surface area contributed by atoms with Gasteiger partial charge in [-0.25, -0.2) is 4.39 Å². The zero-order valence-corrected chi connectivity index (χ0v) is 10.6. The summed E-state index contributed by atoms with van der Waals surface area (Å²) in [6, 6.07) is 5.01. The van der Waals surface area contributed by atoms with Gasteiger partial charge in [0.25, 0.3) is 0 Å². The molecule has 100 valence electrons. The maximum Gasteiger partial charge on any atom is 0.147 e. The van der Waals surface area contributed by atoms with Gasteiger partial charge in [-0.15, -0.1) is 10.2 Å². The van der Waals surface area contributed by atoms with Gasteiger partial charge in [0.2, 0.25) is 0 Å². The molecule has 1 aromatic heterocycles. The average molecular weight is 261 g/mol. The minimum atomic E-state index is -0.224. The fraction of sp³-hybridized carbons (Fsp3) is 0.385. The van der Waals surface area contributed by atoms with Gasteiger partial charge < -0.3 is 10.3 Å². The van der Waals surface area contributed by atoms with E-state index in [2.05, 4.69) is 15.1 Å². The molecule has 0 atom stereocenters. The summed E-state index contributed by atoms with van der Waals surface area (Å²) < 4.78 is 15.5. The van der Waals surface area contributed by atoms with Crippen molar-refractivity contribution in [2.75, 3.05) is 6.54 Å². The third-order valence-corrected chi connectivity index (χ3v) is 3.38. The van der Waals surface area contributed by atoms with E-state index in [9.17, 15) is 4.39 Å². The first-order valence-corrected chi connectivity index (χ1v) is 6.32. The quantitative estimate of drug-likeness (QED) is 0.891. The highest BCUT2D eigenvalue weighted by Gasteiger charge is 2.17. The molecule has 0 radical (unpaired) electrons. The first kappa shape index (κ1) is 12.3. The second kappa shape index (κ2) is 5.07. The second-order valence-electron chi connectivity index (χ2n) is 4.82. The lowest BCUT2D eigenvalue weighted by Crippen LogP contribution is -2.33. The number of fused-ring (bicyclic) bond motifs is 1. The van der Waals surface area contributed by atoms with Crippen LogP contribution in [0.5, 0.6) is 0 Å². The number of hydrogen-bond donors (Lipinski definition) is 1. The molecule has 0 unspecified atom stereocenters. The Morgan fingerprint density at radius 2 is 2.05 bits per heavy atom. The summed E-state index contributed by atoms with van der Waals surface area (Å²) >= 11 is 0. The highest BCUT2D eigenvalue weighted by molar-refractivity contribution is 5.24. The van der Waals surface area contributed by atoms with Crippen molar-refractivity contribution in [2.45, 2.75) is 26.2 Å². The van der Waals surface area contributed by atoms with E-state index >= 15 is 0 Å². The molecule has 0 aliphatic carbocycles. The van der Waals surface area contributed by atoms with Gasteiger partial charge in [-0.1, -0.05) is 6.07 Å². The summed E-state index contributed by atoms with van der Waals surface area (Å²) in [5.74, 6) is 0.736. The van der Waals surface area contributed by atoms with Gasteiger partial charge in [-0.05, 0) is 23.3 Å².